The second-order valence-corrected chi connectivity index (χ2v) is 4.32. The van der Waals surface area contributed by atoms with Gasteiger partial charge in [0.25, 0.3) is 0 Å². The molecule has 3 nitrogen and oxygen atoms in total. The van der Waals surface area contributed by atoms with Crippen molar-refractivity contribution in [2.24, 2.45) is 5.92 Å². The first kappa shape index (κ1) is 11.3. The van der Waals surface area contributed by atoms with Crippen LogP contribution >= 0.6 is 23.2 Å². The third kappa shape index (κ3) is 2.13. The van der Waals surface area contributed by atoms with Gasteiger partial charge in [-0.15, -0.1) is 12.3 Å². The van der Waals surface area contributed by atoms with E-state index in [9.17, 15) is 4.79 Å². The molecular formula is C11H8Cl2N2O. The lowest BCUT2D eigenvalue weighted by atomic mass is 10.1. The minimum atomic E-state index is -0.0433. The van der Waals surface area contributed by atoms with Gasteiger partial charge in [0.2, 0.25) is 5.91 Å². The van der Waals surface area contributed by atoms with Crippen molar-refractivity contribution in [2.45, 2.75) is 6.42 Å². The largest absolute Gasteiger partial charge is 0.311 e. The van der Waals surface area contributed by atoms with Crippen LogP contribution < -0.4 is 4.90 Å². The van der Waals surface area contributed by atoms with Crippen LogP contribution in [-0.2, 0) is 4.79 Å². The summed E-state index contributed by atoms with van der Waals surface area (Å²) in [5, 5.41) is 0.527. The summed E-state index contributed by atoms with van der Waals surface area (Å²) in [6.07, 6.45) is 5.67. The predicted molar refractivity (Wildman–Crippen MR) is 63.6 cm³/mol. The van der Waals surface area contributed by atoms with E-state index in [0.29, 0.717) is 18.7 Å². The van der Waals surface area contributed by atoms with Crippen LogP contribution in [0.25, 0.3) is 0 Å². The Morgan fingerprint density at radius 1 is 1.44 bits per heavy atom. The molecule has 0 N–H and O–H groups in total. The number of anilines is 1. The monoisotopic (exact) mass is 254 g/mol. The van der Waals surface area contributed by atoms with E-state index in [4.69, 9.17) is 29.6 Å². The molecule has 1 unspecified atom stereocenters. The molecule has 1 aromatic heterocycles. The molecule has 0 bridgehead atoms. The molecule has 0 aromatic carbocycles. The van der Waals surface area contributed by atoms with Gasteiger partial charge in [-0.1, -0.05) is 23.2 Å². The van der Waals surface area contributed by atoms with Crippen molar-refractivity contribution in [1.82, 2.24) is 4.98 Å². The van der Waals surface area contributed by atoms with Gasteiger partial charge in [0.1, 0.15) is 10.3 Å². The molecule has 1 aliphatic rings. The number of carbonyl (C=O) groups excluding carboxylic acids is 1. The zero-order chi connectivity index (χ0) is 11.7. The van der Waals surface area contributed by atoms with Crippen molar-refractivity contribution in [3.05, 3.63) is 22.4 Å². The first-order chi connectivity index (χ1) is 7.60. The summed E-state index contributed by atoms with van der Waals surface area (Å²) in [6, 6.07) is 3.20. The number of halogens is 2. The van der Waals surface area contributed by atoms with Crippen molar-refractivity contribution in [1.29, 1.82) is 0 Å². The van der Waals surface area contributed by atoms with Gasteiger partial charge in [-0.3, -0.25) is 4.79 Å². The summed E-state index contributed by atoms with van der Waals surface area (Å²) in [4.78, 5) is 17.1. The van der Waals surface area contributed by atoms with Crippen LogP contribution in [0.2, 0.25) is 10.3 Å². The maximum atomic E-state index is 11.7. The predicted octanol–water partition coefficient (Wildman–Crippen LogP) is 2.37. The fraction of sp³-hybridized carbons (Fsp3) is 0.273. The third-order valence-electron chi connectivity index (χ3n) is 2.42. The molecule has 2 rings (SSSR count). The smallest absolute Gasteiger partial charge is 0.228 e. The minimum absolute atomic E-state index is 0.0127. The van der Waals surface area contributed by atoms with E-state index in [0.717, 1.165) is 0 Å². The molecule has 0 aliphatic carbocycles. The van der Waals surface area contributed by atoms with Crippen molar-refractivity contribution >= 4 is 34.8 Å². The van der Waals surface area contributed by atoms with E-state index in [1.165, 1.54) is 0 Å². The molecule has 1 saturated heterocycles. The van der Waals surface area contributed by atoms with Crippen LogP contribution in [0.1, 0.15) is 6.42 Å². The Morgan fingerprint density at radius 3 is 2.56 bits per heavy atom. The number of amides is 1. The van der Waals surface area contributed by atoms with Gasteiger partial charge in [0, 0.05) is 24.6 Å². The fourth-order valence-electron chi connectivity index (χ4n) is 1.68. The van der Waals surface area contributed by atoms with Crippen LogP contribution in [0.4, 0.5) is 5.69 Å². The second-order valence-electron chi connectivity index (χ2n) is 3.54. The van der Waals surface area contributed by atoms with E-state index in [-0.39, 0.29) is 22.1 Å². The Balaban J connectivity index is 2.32. The van der Waals surface area contributed by atoms with E-state index in [2.05, 4.69) is 10.9 Å². The summed E-state index contributed by atoms with van der Waals surface area (Å²) >= 11 is 11.5. The SMILES string of the molecule is C#CC1CC(=O)N(c2cc(Cl)nc(Cl)c2)C1. The number of rotatable bonds is 1. The third-order valence-corrected chi connectivity index (χ3v) is 2.81. The first-order valence-corrected chi connectivity index (χ1v) is 5.45. The lowest BCUT2D eigenvalue weighted by Crippen LogP contribution is -2.24. The van der Waals surface area contributed by atoms with E-state index >= 15 is 0 Å². The number of hydrogen-bond acceptors (Lipinski definition) is 2. The lowest BCUT2D eigenvalue weighted by Gasteiger charge is -2.16. The molecule has 1 aromatic rings. The molecule has 1 amide bonds. The van der Waals surface area contributed by atoms with Crippen LogP contribution in [0.5, 0.6) is 0 Å². The highest BCUT2D eigenvalue weighted by Crippen LogP contribution is 2.28. The molecule has 2 heterocycles. The van der Waals surface area contributed by atoms with E-state index in [1.54, 1.807) is 17.0 Å². The Kier molecular flexibility index (Phi) is 3.04. The topological polar surface area (TPSA) is 33.2 Å². The van der Waals surface area contributed by atoms with Crippen LogP contribution in [-0.4, -0.2) is 17.4 Å². The summed E-state index contributed by atoms with van der Waals surface area (Å²) in [5.74, 6) is 2.52. The number of aromatic nitrogens is 1. The first-order valence-electron chi connectivity index (χ1n) is 4.69. The molecule has 16 heavy (non-hydrogen) atoms. The number of terminal acetylenes is 1. The summed E-state index contributed by atoms with van der Waals surface area (Å²) in [7, 11) is 0. The normalized spacial score (nSPS) is 19.9. The van der Waals surface area contributed by atoms with E-state index in [1.807, 2.05) is 0 Å². The van der Waals surface area contributed by atoms with Gasteiger partial charge < -0.3 is 4.90 Å². The van der Waals surface area contributed by atoms with Gasteiger partial charge in [0.05, 0.1) is 0 Å². The molecule has 1 fully saturated rings. The summed E-state index contributed by atoms with van der Waals surface area (Å²) < 4.78 is 0. The summed E-state index contributed by atoms with van der Waals surface area (Å²) in [6.45, 7) is 0.506. The minimum Gasteiger partial charge on any atom is -0.311 e. The number of nitrogens with zero attached hydrogens (tertiary/aromatic N) is 2. The van der Waals surface area contributed by atoms with Crippen LogP contribution in [0.15, 0.2) is 12.1 Å². The number of hydrogen-bond donors (Lipinski definition) is 0. The second kappa shape index (κ2) is 4.32. The Hall–Kier alpha value is -1.24. The highest BCUT2D eigenvalue weighted by atomic mass is 35.5. The highest BCUT2D eigenvalue weighted by molar-refractivity contribution is 6.33. The van der Waals surface area contributed by atoms with Gasteiger partial charge in [-0.25, -0.2) is 4.98 Å². The average Bonchev–Trinajstić information content (AvgIpc) is 2.58. The Labute approximate surface area is 103 Å². The van der Waals surface area contributed by atoms with E-state index < -0.39 is 0 Å². The van der Waals surface area contributed by atoms with Gasteiger partial charge >= 0.3 is 0 Å². The molecule has 1 aliphatic heterocycles. The molecule has 5 heteroatoms. The standard InChI is InChI=1S/C11H8Cl2N2O/c1-2-7-3-11(16)15(6-7)8-4-9(12)14-10(13)5-8/h1,4-5,7H,3,6H2. The summed E-state index contributed by atoms with van der Waals surface area (Å²) in [5.41, 5.74) is 0.646. The van der Waals surface area contributed by atoms with Gasteiger partial charge in [0.15, 0.2) is 0 Å². The number of pyridine rings is 1. The number of carbonyl (C=O) groups is 1. The zero-order valence-electron chi connectivity index (χ0n) is 8.28. The quantitative estimate of drug-likeness (QED) is 0.570. The highest BCUT2D eigenvalue weighted by Gasteiger charge is 2.29. The Morgan fingerprint density at radius 2 is 2.06 bits per heavy atom. The van der Waals surface area contributed by atoms with Crippen molar-refractivity contribution in [2.75, 3.05) is 11.4 Å². The van der Waals surface area contributed by atoms with Crippen molar-refractivity contribution in [3.8, 4) is 12.3 Å². The average molecular weight is 255 g/mol. The maximum Gasteiger partial charge on any atom is 0.228 e. The molecule has 0 spiro atoms. The van der Waals surface area contributed by atoms with Crippen molar-refractivity contribution < 1.29 is 4.79 Å². The van der Waals surface area contributed by atoms with Crippen molar-refractivity contribution in [3.63, 3.8) is 0 Å². The van der Waals surface area contributed by atoms with Gasteiger partial charge in [-0.05, 0) is 12.1 Å². The van der Waals surface area contributed by atoms with Crippen LogP contribution in [0, 0.1) is 18.3 Å². The molecular weight excluding hydrogens is 247 g/mol. The Bertz CT molecular complexity index is 461. The molecule has 0 saturated carbocycles. The lowest BCUT2D eigenvalue weighted by molar-refractivity contribution is -0.117. The van der Waals surface area contributed by atoms with Crippen LogP contribution in [0.3, 0.4) is 0 Å². The molecule has 1 atom stereocenters. The maximum absolute atomic E-state index is 11.7. The zero-order valence-corrected chi connectivity index (χ0v) is 9.79. The fourth-order valence-corrected chi connectivity index (χ4v) is 2.13. The molecule has 0 radical (unpaired) electrons. The van der Waals surface area contributed by atoms with Gasteiger partial charge in [-0.2, -0.15) is 0 Å². The molecule has 82 valence electrons.